The van der Waals surface area contributed by atoms with Gasteiger partial charge in [-0.2, -0.15) is 0 Å². The lowest BCUT2D eigenvalue weighted by molar-refractivity contribution is -0.384. The number of hydrogen-bond donors (Lipinski definition) is 0. The van der Waals surface area contributed by atoms with E-state index in [4.69, 9.17) is 4.74 Å². The van der Waals surface area contributed by atoms with Gasteiger partial charge in [0.2, 0.25) is 0 Å². The number of carbonyl (C=O) groups excluding carboxylic acids is 2. The Hall–Kier alpha value is -2.64. The van der Waals surface area contributed by atoms with Crippen LogP contribution in [-0.2, 0) is 14.3 Å². The number of esters is 1. The van der Waals surface area contributed by atoms with Gasteiger partial charge in [0.25, 0.3) is 11.6 Å². The van der Waals surface area contributed by atoms with Crippen molar-refractivity contribution in [2.75, 3.05) is 37.7 Å². The number of nitro benzene ring substituents is 1. The molecule has 2 atom stereocenters. The summed E-state index contributed by atoms with van der Waals surface area (Å²) < 4.78 is 5.09. The quantitative estimate of drug-likeness (QED) is 0.455. The molecule has 1 saturated heterocycles. The van der Waals surface area contributed by atoms with Crippen LogP contribution in [0, 0.1) is 22.0 Å². The molecule has 1 amide bonds. The van der Waals surface area contributed by atoms with Crippen LogP contribution in [0.3, 0.4) is 0 Å². The Kier molecular flexibility index (Phi) is 4.87. The Morgan fingerprint density at radius 3 is 2.32 bits per heavy atom. The molecule has 25 heavy (non-hydrogen) atoms. The number of amides is 1. The zero-order chi connectivity index (χ0) is 18.0. The van der Waals surface area contributed by atoms with Crippen LogP contribution in [-0.4, -0.2) is 54.5 Å². The maximum absolute atomic E-state index is 12.1. The van der Waals surface area contributed by atoms with Gasteiger partial charge in [-0.1, -0.05) is 6.92 Å². The molecule has 8 nitrogen and oxygen atoms in total. The molecule has 0 N–H and O–H groups in total. The number of benzene rings is 1. The van der Waals surface area contributed by atoms with Crippen molar-refractivity contribution in [2.24, 2.45) is 11.8 Å². The van der Waals surface area contributed by atoms with Gasteiger partial charge in [-0.15, -0.1) is 0 Å². The van der Waals surface area contributed by atoms with E-state index in [1.165, 1.54) is 12.1 Å². The minimum absolute atomic E-state index is 0.0354. The molecule has 2 aliphatic rings. The van der Waals surface area contributed by atoms with Crippen molar-refractivity contribution in [1.82, 2.24) is 4.90 Å². The highest BCUT2D eigenvalue weighted by atomic mass is 16.6. The Morgan fingerprint density at radius 2 is 1.80 bits per heavy atom. The van der Waals surface area contributed by atoms with Gasteiger partial charge < -0.3 is 14.5 Å². The first-order chi connectivity index (χ1) is 12.0. The van der Waals surface area contributed by atoms with Crippen molar-refractivity contribution >= 4 is 23.3 Å². The summed E-state index contributed by atoms with van der Waals surface area (Å²) in [7, 11) is 0. The average Bonchev–Trinajstić information content (AvgIpc) is 3.36. The molecule has 0 bridgehead atoms. The van der Waals surface area contributed by atoms with E-state index in [9.17, 15) is 19.7 Å². The fraction of sp³-hybridized carbons (Fsp3) is 0.529. The van der Waals surface area contributed by atoms with Crippen LogP contribution in [0.5, 0.6) is 0 Å². The fourth-order valence-electron chi connectivity index (χ4n) is 2.98. The van der Waals surface area contributed by atoms with E-state index in [-0.39, 0.29) is 30.1 Å². The topological polar surface area (TPSA) is 93.0 Å². The monoisotopic (exact) mass is 347 g/mol. The highest BCUT2D eigenvalue weighted by molar-refractivity contribution is 5.82. The zero-order valence-corrected chi connectivity index (χ0v) is 14.1. The number of carbonyl (C=O) groups is 2. The molecule has 0 aromatic heterocycles. The first kappa shape index (κ1) is 17.2. The molecule has 1 saturated carbocycles. The molecule has 8 heteroatoms. The molecular weight excluding hydrogens is 326 g/mol. The molecule has 134 valence electrons. The number of non-ortho nitro benzene ring substituents is 1. The van der Waals surface area contributed by atoms with Gasteiger partial charge >= 0.3 is 5.97 Å². The third-order valence-corrected chi connectivity index (χ3v) is 4.81. The second-order valence-corrected chi connectivity index (χ2v) is 6.57. The van der Waals surface area contributed by atoms with E-state index in [2.05, 4.69) is 4.90 Å². The maximum Gasteiger partial charge on any atom is 0.309 e. The summed E-state index contributed by atoms with van der Waals surface area (Å²) in [5.41, 5.74) is 0.955. The lowest BCUT2D eigenvalue weighted by Gasteiger charge is -2.36. The first-order valence-corrected chi connectivity index (χ1v) is 8.39. The van der Waals surface area contributed by atoms with Crippen molar-refractivity contribution in [2.45, 2.75) is 13.3 Å². The molecule has 0 radical (unpaired) electrons. The fourth-order valence-corrected chi connectivity index (χ4v) is 2.98. The van der Waals surface area contributed by atoms with Crippen molar-refractivity contribution in [3.05, 3.63) is 34.4 Å². The van der Waals surface area contributed by atoms with Gasteiger partial charge in [0.05, 0.1) is 10.8 Å². The molecule has 1 aliphatic carbocycles. The molecule has 1 aliphatic heterocycles. The van der Waals surface area contributed by atoms with Crippen LogP contribution in [0.1, 0.15) is 13.3 Å². The third kappa shape index (κ3) is 4.07. The Balaban J connectivity index is 1.45. The number of hydrogen-bond acceptors (Lipinski definition) is 6. The summed E-state index contributed by atoms with van der Waals surface area (Å²) >= 11 is 0. The van der Waals surface area contributed by atoms with Gasteiger partial charge in [0.1, 0.15) is 0 Å². The van der Waals surface area contributed by atoms with Gasteiger partial charge in [0, 0.05) is 44.0 Å². The number of anilines is 1. The SMILES string of the molecule is C[C@H]1C[C@@H]1C(=O)OCC(=O)N1CCN(c2ccc([N+](=O)[O-])cc2)CC1. The van der Waals surface area contributed by atoms with Gasteiger partial charge in [-0.25, -0.2) is 0 Å². The van der Waals surface area contributed by atoms with Gasteiger partial charge in [-0.3, -0.25) is 19.7 Å². The lowest BCUT2D eigenvalue weighted by Crippen LogP contribution is -2.50. The molecule has 0 spiro atoms. The molecule has 1 heterocycles. The second kappa shape index (κ2) is 7.08. The molecule has 2 fully saturated rings. The van der Waals surface area contributed by atoms with Gasteiger partial charge in [0.15, 0.2) is 6.61 Å². The van der Waals surface area contributed by atoms with E-state index in [0.717, 1.165) is 12.1 Å². The largest absolute Gasteiger partial charge is 0.455 e. The summed E-state index contributed by atoms with van der Waals surface area (Å²) in [6.07, 6.45) is 0.848. The second-order valence-electron chi connectivity index (χ2n) is 6.57. The van der Waals surface area contributed by atoms with Crippen molar-refractivity contribution in [3.8, 4) is 0 Å². The van der Waals surface area contributed by atoms with Gasteiger partial charge in [-0.05, 0) is 24.5 Å². The highest BCUT2D eigenvalue weighted by Crippen LogP contribution is 2.38. The zero-order valence-electron chi connectivity index (χ0n) is 14.1. The number of nitro groups is 1. The molecule has 1 aromatic rings. The van der Waals surface area contributed by atoms with Crippen LogP contribution < -0.4 is 4.90 Å². The minimum Gasteiger partial charge on any atom is -0.455 e. The minimum atomic E-state index is -0.427. The molecule has 0 unspecified atom stereocenters. The summed E-state index contributed by atoms with van der Waals surface area (Å²) in [5, 5.41) is 10.7. The Bertz CT molecular complexity index is 667. The molecule has 1 aromatic carbocycles. The maximum atomic E-state index is 12.1. The number of rotatable bonds is 5. The molecule has 3 rings (SSSR count). The van der Waals surface area contributed by atoms with E-state index in [0.29, 0.717) is 32.1 Å². The Labute approximate surface area is 145 Å². The predicted octanol–water partition coefficient (Wildman–Crippen LogP) is 1.44. The Morgan fingerprint density at radius 1 is 1.20 bits per heavy atom. The molecular formula is C17H21N3O5. The normalized spacial score (nSPS) is 22.4. The summed E-state index contributed by atoms with van der Waals surface area (Å²) in [4.78, 5) is 37.8. The number of piperazine rings is 1. The predicted molar refractivity (Wildman–Crippen MR) is 90.1 cm³/mol. The van der Waals surface area contributed by atoms with Crippen LogP contribution >= 0.6 is 0 Å². The van der Waals surface area contributed by atoms with E-state index in [1.807, 2.05) is 6.92 Å². The summed E-state index contributed by atoms with van der Waals surface area (Å²) in [5.74, 6) is -0.116. The van der Waals surface area contributed by atoms with E-state index >= 15 is 0 Å². The summed E-state index contributed by atoms with van der Waals surface area (Å²) in [6.45, 7) is 4.14. The summed E-state index contributed by atoms with van der Waals surface area (Å²) in [6, 6.07) is 6.39. The number of ether oxygens (including phenoxy) is 1. The smallest absolute Gasteiger partial charge is 0.309 e. The van der Waals surface area contributed by atoms with Crippen molar-refractivity contribution in [1.29, 1.82) is 0 Å². The lowest BCUT2D eigenvalue weighted by atomic mass is 10.2. The van der Waals surface area contributed by atoms with E-state index < -0.39 is 4.92 Å². The van der Waals surface area contributed by atoms with Crippen LogP contribution in [0.2, 0.25) is 0 Å². The van der Waals surface area contributed by atoms with Crippen LogP contribution in [0.15, 0.2) is 24.3 Å². The number of nitrogens with zero attached hydrogens (tertiary/aromatic N) is 3. The van der Waals surface area contributed by atoms with E-state index in [1.54, 1.807) is 17.0 Å². The standard InChI is InChI=1S/C17H21N3O5/c1-12-10-15(12)17(22)25-11-16(21)19-8-6-18(7-9-19)13-2-4-14(5-3-13)20(23)24/h2-5,12,15H,6-11H2,1H3/t12-,15-/m0/s1. The van der Waals surface area contributed by atoms with Crippen LogP contribution in [0.25, 0.3) is 0 Å². The first-order valence-electron chi connectivity index (χ1n) is 8.39. The van der Waals surface area contributed by atoms with Crippen molar-refractivity contribution in [3.63, 3.8) is 0 Å². The third-order valence-electron chi connectivity index (χ3n) is 4.81. The highest BCUT2D eigenvalue weighted by Gasteiger charge is 2.40. The van der Waals surface area contributed by atoms with Crippen LogP contribution in [0.4, 0.5) is 11.4 Å². The average molecular weight is 347 g/mol. The van der Waals surface area contributed by atoms with Crippen molar-refractivity contribution < 1.29 is 19.2 Å².